The first-order valence-electron chi connectivity index (χ1n) is 2.05. The van der Waals surface area contributed by atoms with Gasteiger partial charge in [-0.25, -0.2) is 0 Å². The molecule has 0 saturated heterocycles. The quantitative estimate of drug-likeness (QED) is 0.472. The van der Waals surface area contributed by atoms with Crippen LogP contribution in [0, 0.1) is 0 Å². The molecular weight excluding hydrogens is 94.0 g/mol. The predicted octanol–water partition coefficient (Wildman–Crippen LogP) is 0.242. The summed E-state index contributed by atoms with van der Waals surface area (Å²) < 4.78 is 4.73. The number of rotatable bonds is 1. The normalized spacial score (nSPS) is 27.9. The maximum absolute atomic E-state index is 4.73. The number of hydrogen-bond donors (Lipinski definition) is 0. The Hall–Kier alpha value is -0.570. The van der Waals surface area contributed by atoms with Gasteiger partial charge in [0.2, 0.25) is 6.29 Å². The maximum atomic E-state index is 4.73. The molecule has 1 heterocycles. The molecule has 0 spiro atoms. The van der Waals surface area contributed by atoms with E-state index in [1.54, 1.807) is 7.11 Å². The van der Waals surface area contributed by atoms with E-state index in [4.69, 9.17) is 4.74 Å². The topological polar surface area (TPSA) is 30.8 Å². The Morgan fingerprint density at radius 3 is 3.14 bits per heavy atom. The van der Waals surface area contributed by atoms with E-state index in [0.29, 0.717) is 6.42 Å². The van der Waals surface area contributed by atoms with Crippen molar-refractivity contribution in [1.29, 1.82) is 0 Å². The number of methoxy groups -OCH3 is 1. The van der Waals surface area contributed by atoms with E-state index in [-0.39, 0.29) is 6.29 Å². The molecule has 3 heteroatoms. The first-order chi connectivity index (χ1) is 3.43. The van der Waals surface area contributed by atoms with Crippen molar-refractivity contribution in [1.82, 2.24) is 0 Å². The Bertz CT molecular complexity index is 73.8. The summed E-state index contributed by atoms with van der Waals surface area (Å²) in [7, 11) is 1.58. The molecular formula is C4H6NO2. The number of ether oxygens (including phenoxy) is 1. The third kappa shape index (κ3) is 0.899. The summed E-state index contributed by atoms with van der Waals surface area (Å²) in [5.41, 5.74) is 0. The highest BCUT2D eigenvalue weighted by atomic mass is 16.8. The molecule has 0 saturated carbocycles. The van der Waals surface area contributed by atoms with E-state index < -0.39 is 0 Å². The van der Waals surface area contributed by atoms with Gasteiger partial charge in [-0.3, -0.25) is 0 Å². The average molecular weight is 100 g/mol. The molecule has 1 aliphatic heterocycles. The molecule has 1 aliphatic rings. The zero-order chi connectivity index (χ0) is 5.11. The van der Waals surface area contributed by atoms with E-state index in [0.717, 1.165) is 0 Å². The molecule has 1 radical (unpaired) electrons. The molecule has 7 heavy (non-hydrogen) atoms. The van der Waals surface area contributed by atoms with Crippen LogP contribution in [0.2, 0.25) is 0 Å². The molecule has 1 rings (SSSR count). The van der Waals surface area contributed by atoms with E-state index in [1.807, 2.05) is 0 Å². The van der Waals surface area contributed by atoms with Gasteiger partial charge in [-0.05, 0) is 0 Å². The van der Waals surface area contributed by atoms with Gasteiger partial charge < -0.3 is 9.57 Å². The Morgan fingerprint density at radius 2 is 2.86 bits per heavy atom. The van der Waals surface area contributed by atoms with Gasteiger partial charge in [0.1, 0.15) is 6.21 Å². The molecule has 0 aromatic carbocycles. The Morgan fingerprint density at radius 1 is 2.00 bits per heavy atom. The highest BCUT2D eigenvalue weighted by Crippen LogP contribution is 2.02. The summed E-state index contributed by atoms with van der Waals surface area (Å²) in [6, 6.07) is 0. The van der Waals surface area contributed by atoms with Crippen LogP contribution in [0.5, 0.6) is 0 Å². The maximum Gasteiger partial charge on any atom is 0.232 e. The summed E-state index contributed by atoms with van der Waals surface area (Å²) in [5, 5.41) is 3.36. The van der Waals surface area contributed by atoms with Gasteiger partial charge >= 0.3 is 0 Å². The number of hydrogen-bond acceptors (Lipinski definition) is 3. The largest absolute Gasteiger partial charge is 0.363 e. The second-order valence-corrected chi connectivity index (χ2v) is 1.22. The van der Waals surface area contributed by atoms with Crippen molar-refractivity contribution in [2.45, 2.75) is 12.7 Å². The lowest BCUT2D eigenvalue weighted by Gasteiger charge is -2.01. The van der Waals surface area contributed by atoms with Crippen LogP contribution >= 0.6 is 0 Å². The van der Waals surface area contributed by atoms with Crippen molar-refractivity contribution in [2.75, 3.05) is 7.11 Å². The van der Waals surface area contributed by atoms with Crippen molar-refractivity contribution in [3.63, 3.8) is 0 Å². The lowest BCUT2D eigenvalue weighted by molar-refractivity contribution is -0.103. The first kappa shape index (κ1) is 4.59. The monoisotopic (exact) mass is 100 g/mol. The van der Waals surface area contributed by atoms with Crippen LogP contribution in [0.4, 0.5) is 0 Å². The minimum Gasteiger partial charge on any atom is -0.363 e. The first-order valence-corrected chi connectivity index (χ1v) is 2.05. The predicted molar refractivity (Wildman–Crippen MR) is 23.9 cm³/mol. The Kier molecular flexibility index (Phi) is 1.26. The molecule has 1 unspecified atom stereocenters. The van der Waals surface area contributed by atoms with Gasteiger partial charge in [0.25, 0.3) is 0 Å². The second-order valence-electron chi connectivity index (χ2n) is 1.22. The molecule has 0 aromatic heterocycles. The molecule has 3 nitrogen and oxygen atoms in total. The SMILES string of the molecule is COC1C[C]=NO1. The van der Waals surface area contributed by atoms with Crippen LogP contribution in [0.1, 0.15) is 6.42 Å². The van der Waals surface area contributed by atoms with E-state index in [1.165, 1.54) is 0 Å². The fourth-order valence-corrected chi connectivity index (χ4v) is 0.371. The fourth-order valence-electron chi connectivity index (χ4n) is 0.371. The Labute approximate surface area is 41.9 Å². The van der Waals surface area contributed by atoms with E-state index in [2.05, 4.69) is 16.2 Å². The van der Waals surface area contributed by atoms with Crippen molar-refractivity contribution in [2.24, 2.45) is 5.16 Å². The van der Waals surface area contributed by atoms with Crippen molar-refractivity contribution in [3.05, 3.63) is 0 Å². The van der Waals surface area contributed by atoms with Gasteiger partial charge in [-0.1, -0.05) is 5.16 Å². The van der Waals surface area contributed by atoms with E-state index in [9.17, 15) is 0 Å². The number of nitrogens with zero attached hydrogens (tertiary/aromatic N) is 1. The zero-order valence-electron chi connectivity index (χ0n) is 4.05. The van der Waals surface area contributed by atoms with Crippen LogP contribution in [-0.4, -0.2) is 19.6 Å². The smallest absolute Gasteiger partial charge is 0.232 e. The molecule has 0 aliphatic carbocycles. The van der Waals surface area contributed by atoms with Crippen molar-refractivity contribution in [3.8, 4) is 0 Å². The minimum atomic E-state index is -0.181. The lowest BCUT2D eigenvalue weighted by Crippen LogP contribution is -2.06. The van der Waals surface area contributed by atoms with Crippen LogP contribution < -0.4 is 0 Å². The van der Waals surface area contributed by atoms with Gasteiger partial charge in [-0.15, -0.1) is 0 Å². The summed E-state index contributed by atoms with van der Waals surface area (Å²) >= 11 is 0. The molecule has 0 fully saturated rings. The fraction of sp³-hybridized carbons (Fsp3) is 0.750. The highest BCUT2D eigenvalue weighted by Gasteiger charge is 2.10. The van der Waals surface area contributed by atoms with E-state index >= 15 is 0 Å². The van der Waals surface area contributed by atoms with Crippen LogP contribution in [-0.2, 0) is 9.57 Å². The Balaban J connectivity index is 2.22. The standard InChI is InChI=1S/C4H6NO2/c1-6-4-2-3-5-7-4/h4H,2H2,1H3. The summed E-state index contributed by atoms with van der Waals surface area (Å²) in [6.45, 7) is 0. The molecule has 0 bridgehead atoms. The van der Waals surface area contributed by atoms with Gasteiger partial charge in [0.05, 0.1) is 6.42 Å². The highest BCUT2D eigenvalue weighted by molar-refractivity contribution is 5.58. The van der Waals surface area contributed by atoms with Crippen molar-refractivity contribution < 1.29 is 9.57 Å². The average Bonchev–Trinajstić information content (AvgIpc) is 2.14. The summed E-state index contributed by atoms with van der Waals surface area (Å²) in [4.78, 5) is 4.59. The van der Waals surface area contributed by atoms with Crippen molar-refractivity contribution >= 4 is 6.21 Å². The third-order valence-electron chi connectivity index (χ3n) is 0.756. The van der Waals surface area contributed by atoms with Crippen LogP contribution in [0.3, 0.4) is 0 Å². The van der Waals surface area contributed by atoms with Gasteiger partial charge in [-0.2, -0.15) is 0 Å². The zero-order valence-corrected chi connectivity index (χ0v) is 4.05. The molecule has 39 valence electrons. The van der Waals surface area contributed by atoms with Gasteiger partial charge in [0.15, 0.2) is 0 Å². The third-order valence-corrected chi connectivity index (χ3v) is 0.756. The lowest BCUT2D eigenvalue weighted by atomic mass is 10.5. The minimum absolute atomic E-state index is 0.181. The summed E-state index contributed by atoms with van der Waals surface area (Å²) in [5.74, 6) is 0. The van der Waals surface area contributed by atoms with Gasteiger partial charge in [0, 0.05) is 7.11 Å². The molecule has 1 atom stereocenters. The summed E-state index contributed by atoms with van der Waals surface area (Å²) in [6.07, 6.45) is 3.07. The second kappa shape index (κ2) is 1.93. The van der Waals surface area contributed by atoms with Crippen LogP contribution in [0.25, 0.3) is 0 Å². The van der Waals surface area contributed by atoms with Crippen LogP contribution in [0.15, 0.2) is 5.16 Å². The molecule has 0 N–H and O–H groups in total. The molecule has 0 aromatic rings. The molecule has 0 amide bonds.